The number of aliphatic hydroxyl groups excluding tert-OH is 1. The average Bonchev–Trinajstić information content (AvgIpc) is 2.34. The Hall–Kier alpha value is -0.730. The van der Waals surface area contributed by atoms with Crippen LogP contribution in [0.5, 0.6) is 5.75 Å². The summed E-state index contributed by atoms with van der Waals surface area (Å²) in [5.41, 5.74) is 1.20. The Balaban J connectivity index is 2.56. The van der Waals surface area contributed by atoms with Gasteiger partial charge in [0.2, 0.25) is 0 Å². The van der Waals surface area contributed by atoms with Crippen LogP contribution in [-0.2, 0) is 6.42 Å². The van der Waals surface area contributed by atoms with Gasteiger partial charge in [-0.3, -0.25) is 0 Å². The molecule has 0 saturated heterocycles. The third-order valence-electron chi connectivity index (χ3n) is 2.38. The highest BCUT2D eigenvalue weighted by Gasteiger charge is 2.06. The zero-order valence-electron chi connectivity index (χ0n) is 9.66. The summed E-state index contributed by atoms with van der Waals surface area (Å²) in [7, 11) is 0. The molecule has 1 atom stereocenters. The molecule has 1 unspecified atom stereocenters. The minimum Gasteiger partial charge on any atom is -0.491 e. The molecule has 0 amide bonds. The Morgan fingerprint density at radius 2 is 2.12 bits per heavy atom. The van der Waals surface area contributed by atoms with E-state index in [0.29, 0.717) is 0 Å². The normalized spacial score (nSPS) is 12.4. The van der Waals surface area contributed by atoms with Crippen molar-refractivity contribution in [2.75, 3.05) is 12.5 Å². The van der Waals surface area contributed by atoms with Crippen LogP contribution in [-0.4, -0.2) is 23.7 Å². The molecule has 0 spiro atoms. The Morgan fingerprint density at radius 1 is 1.38 bits per heavy atom. The Bertz CT molecular complexity index is 302. The SMILES string of the molecule is CCCCc1ccccc1OCC(O)CCl. The third-order valence-corrected chi connectivity index (χ3v) is 2.74. The molecule has 0 aliphatic rings. The van der Waals surface area contributed by atoms with E-state index in [1.165, 1.54) is 12.0 Å². The van der Waals surface area contributed by atoms with Crippen LogP contribution in [0.4, 0.5) is 0 Å². The van der Waals surface area contributed by atoms with Gasteiger partial charge in [-0.1, -0.05) is 31.5 Å². The number of ether oxygens (including phenoxy) is 1. The minimum atomic E-state index is -0.596. The number of para-hydroxylation sites is 1. The standard InChI is InChI=1S/C13H19ClO2/c1-2-3-6-11-7-4-5-8-13(11)16-10-12(15)9-14/h4-5,7-8,12,15H,2-3,6,9-10H2,1H3. The Morgan fingerprint density at radius 3 is 2.81 bits per heavy atom. The van der Waals surface area contributed by atoms with Crippen LogP contribution in [0.25, 0.3) is 0 Å². The molecule has 0 radical (unpaired) electrons. The van der Waals surface area contributed by atoms with Crippen molar-refractivity contribution in [2.45, 2.75) is 32.3 Å². The molecular formula is C13H19ClO2. The highest BCUT2D eigenvalue weighted by molar-refractivity contribution is 6.18. The van der Waals surface area contributed by atoms with Crippen LogP contribution in [0.3, 0.4) is 0 Å². The van der Waals surface area contributed by atoms with Gasteiger partial charge in [0.05, 0.1) is 5.88 Å². The van der Waals surface area contributed by atoms with Gasteiger partial charge in [0.15, 0.2) is 0 Å². The van der Waals surface area contributed by atoms with Crippen LogP contribution >= 0.6 is 11.6 Å². The maximum Gasteiger partial charge on any atom is 0.122 e. The molecule has 0 fully saturated rings. The van der Waals surface area contributed by atoms with Crippen molar-refractivity contribution in [2.24, 2.45) is 0 Å². The summed E-state index contributed by atoms with van der Waals surface area (Å²) in [6, 6.07) is 7.96. The summed E-state index contributed by atoms with van der Waals surface area (Å²) in [4.78, 5) is 0. The van der Waals surface area contributed by atoms with Gasteiger partial charge in [0.1, 0.15) is 18.5 Å². The fourth-order valence-corrected chi connectivity index (χ4v) is 1.54. The summed E-state index contributed by atoms with van der Waals surface area (Å²) in [5.74, 6) is 1.07. The number of alkyl halides is 1. The van der Waals surface area contributed by atoms with Crippen LogP contribution < -0.4 is 4.74 Å². The van der Waals surface area contributed by atoms with Gasteiger partial charge in [0, 0.05) is 0 Å². The number of unbranched alkanes of at least 4 members (excludes halogenated alkanes) is 1. The molecular weight excluding hydrogens is 224 g/mol. The van der Waals surface area contributed by atoms with Crippen molar-refractivity contribution in [1.82, 2.24) is 0 Å². The highest BCUT2D eigenvalue weighted by atomic mass is 35.5. The van der Waals surface area contributed by atoms with E-state index in [1.54, 1.807) is 0 Å². The van der Waals surface area contributed by atoms with Gasteiger partial charge >= 0.3 is 0 Å². The predicted molar refractivity (Wildman–Crippen MR) is 67.3 cm³/mol. The number of halogens is 1. The summed E-state index contributed by atoms with van der Waals surface area (Å²) in [6.45, 7) is 2.42. The minimum absolute atomic E-state index is 0.205. The number of rotatable bonds is 7. The first kappa shape index (κ1) is 13.3. The Kier molecular flexibility index (Phi) is 6.27. The molecule has 1 rings (SSSR count). The Labute approximate surface area is 102 Å². The first-order chi connectivity index (χ1) is 7.77. The monoisotopic (exact) mass is 242 g/mol. The fraction of sp³-hybridized carbons (Fsp3) is 0.538. The maximum absolute atomic E-state index is 9.33. The van der Waals surface area contributed by atoms with Gasteiger partial charge in [0.25, 0.3) is 0 Å². The van der Waals surface area contributed by atoms with Crippen molar-refractivity contribution < 1.29 is 9.84 Å². The molecule has 1 aromatic carbocycles. The van der Waals surface area contributed by atoms with Crippen LogP contribution in [0.2, 0.25) is 0 Å². The molecule has 3 heteroatoms. The first-order valence-corrected chi connectivity index (χ1v) is 6.26. The lowest BCUT2D eigenvalue weighted by Gasteiger charge is -2.13. The summed E-state index contributed by atoms with van der Waals surface area (Å²) in [5, 5.41) is 9.33. The summed E-state index contributed by atoms with van der Waals surface area (Å²) < 4.78 is 5.55. The predicted octanol–water partition coefficient (Wildman–Crippen LogP) is 3.01. The van der Waals surface area contributed by atoms with Gasteiger partial charge in [-0.25, -0.2) is 0 Å². The van der Waals surface area contributed by atoms with E-state index in [2.05, 4.69) is 13.0 Å². The van der Waals surface area contributed by atoms with Gasteiger partial charge in [-0.05, 0) is 24.5 Å². The van der Waals surface area contributed by atoms with E-state index in [1.807, 2.05) is 18.2 Å². The molecule has 0 bridgehead atoms. The van der Waals surface area contributed by atoms with E-state index < -0.39 is 6.10 Å². The molecule has 0 heterocycles. The van der Waals surface area contributed by atoms with E-state index in [4.69, 9.17) is 16.3 Å². The third kappa shape index (κ3) is 4.42. The zero-order valence-corrected chi connectivity index (χ0v) is 10.4. The second-order valence-electron chi connectivity index (χ2n) is 3.83. The van der Waals surface area contributed by atoms with Crippen LogP contribution in [0, 0.1) is 0 Å². The molecule has 1 N–H and O–H groups in total. The van der Waals surface area contributed by atoms with E-state index in [0.717, 1.165) is 18.6 Å². The topological polar surface area (TPSA) is 29.5 Å². The largest absolute Gasteiger partial charge is 0.491 e. The maximum atomic E-state index is 9.33. The van der Waals surface area contributed by atoms with Gasteiger partial charge in [-0.15, -0.1) is 11.6 Å². The molecule has 0 aromatic heterocycles. The summed E-state index contributed by atoms with van der Waals surface area (Å²) >= 11 is 5.51. The van der Waals surface area contributed by atoms with Crippen molar-refractivity contribution in [1.29, 1.82) is 0 Å². The van der Waals surface area contributed by atoms with Gasteiger partial charge in [-0.2, -0.15) is 0 Å². The molecule has 90 valence electrons. The van der Waals surface area contributed by atoms with Crippen LogP contribution in [0.1, 0.15) is 25.3 Å². The smallest absolute Gasteiger partial charge is 0.122 e. The number of benzene rings is 1. The van der Waals surface area contributed by atoms with E-state index >= 15 is 0 Å². The van der Waals surface area contributed by atoms with Crippen molar-refractivity contribution >= 4 is 11.6 Å². The van der Waals surface area contributed by atoms with Gasteiger partial charge < -0.3 is 9.84 Å². The second-order valence-corrected chi connectivity index (χ2v) is 4.14. The van der Waals surface area contributed by atoms with Crippen LogP contribution in [0.15, 0.2) is 24.3 Å². The quantitative estimate of drug-likeness (QED) is 0.745. The number of hydrogen-bond donors (Lipinski definition) is 1. The first-order valence-electron chi connectivity index (χ1n) is 5.72. The average molecular weight is 243 g/mol. The molecule has 0 aliphatic heterocycles. The number of aryl methyl sites for hydroxylation is 1. The van der Waals surface area contributed by atoms with Crippen molar-refractivity contribution in [3.05, 3.63) is 29.8 Å². The molecule has 16 heavy (non-hydrogen) atoms. The lowest BCUT2D eigenvalue weighted by molar-refractivity contribution is 0.124. The summed E-state index contributed by atoms with van der Waals surface area (Å²) in [6.07, 6.45) is 2.74. The van der Waals surface area contributed by atoms with Crippen molar-refractivity contribution in [3.63, 3.8) is 0 Å². The lowest BCUT2D eigenvalue weighted by atomic mass is 10.1. The highest BCUT2D eigenvalue weighted by Crippen LogP contribution is 2.20. The van der Waals surface area contributed by atoms with Crippen molar-refractivity contribution in [3.8, 4) is 5.75 Å². The number of hydrogen-bond acceptors (Lipinski definition) is 2. The lowest BCUT2D eigenvalue weighted by Crippen LogP contribution is -2.19. The van der Waals surface area contributed by atoms with E-state index in [9.17, 15) is 5.11 Å². The fourth-order valence-electron chi connectivity index (χ4n) is 1.45. The molecule has 0 aliphatic carbocycles. The molecule has 1 aromatic rings. The molecule has 0 saturated carbocycles. The number of aliphatic hydroxyl groups is 1. The second kappa shape index (κ2) is 7.53. The van der Waals surface area contributed by atoms with E-state index in [-0.39, 0.29) is 12.5 Å². The molecule has 2 nitrogen and oxygen atoms in total. The zero-order chi connectivity index (χ0) is 11.8.